The number of amides is 1. The van der Waals surface area contributed by atoms with Crippen LogP contribution in [0.2, 0.25) is 0 Å². The molecule has 1 unspecified atom stereocenters. The van der Waals surface area contributed by atoms with Gasteiger partial charge in [0.05, 0.1) is 6.07 Å². The molecule has 0 aliphatic heterocycles. The molecule has 1 N–H and O–H groups in total. The molecule has 0 spiro atoms. The molecule has 1 aliphatic rings. The molecule has 96 valence electrons. The first kappa shape index (κ1) is 14.4. The van der Waals surface area contributed by atoms with Crippen LogP contribution in [-0.2, 0) is 4.79 Å². The van der Waals surface area contributed by atoms with Crippen molar-refractivity contribution in [2.75, 3.05) is 12.8 Å². The number of carbonyl (C=O) groups excluding carboxylic acids is 1. The fraction of sp³-hybridized carbons (Fsp3) is 0.846. The molecule has 0 aromatic rings. The van der Waals surface area contributed by atoms with Crippen LogP contribution >= 0.6 is 11.8 Å². The van der Waals surface area contributed by atoms with Crippen molar-refractivity contribution < 1.29 is 4.79 Å². The third-order valence-electron chi connectivity index (χ3n) is 3.97. The second-order valence-electron chi connectivity index (χ2n) is 5.07. The molecule has 0 saturated heterocycles. The van der Waals surface area contributed by atoms with E-state index in [4.69, 9.17) is 5.26 Å². The fourth-order valence-electron chi connectivity index (χ4n) is 2.20. The van der Waals surface area contributed by atoms with Gasteiger partial charge in [-0.3, -0.25) is 4.79 Å². The van der Waals surface area contributed by atoms with Crippen LogP contribution < -0.4 is 5.32 Å². The van der Waals surface area contributed by atoms with E-state index in [1.54, 1.807) is 6.92 Å². The van der Waals surface area contributed by atoms with Crippen LogP contribution in [0.5, 0.6) is 0 Å². The molecule has 4 heteroatoms. The molecule has 0 aromatic heterocycles. The summed E-state index contributed by atoms with van der Waals surface area (Å²) in [6, 6.07) is 2.11. The quantitative estimate of drug-likeness (QED) is 0.820. The Morgan fingerprint density at radius 2 is 2.12 bits per heavy atom. The topological polar surface area (TPSA) is 52.9 Å². The number of nitrogens with zero attached hydrogens (tertiary/aromatic N) is 1. The van der Waals surface area contributed by atoms with E-state index in [-0.39, 0.29) is 10.7 Å². The van der Waals surface area contributed by atoms with Crippen LogP contribution in [0.15, 0.2) is 0 Å². The van der Waals surface area contributed by atoms with Crippen LogP contribution in [0.25, 0.3) is 0 Å². The first-order chi connectivity index (χ1) is 8.02. The number of carbonyl (C=O) groups is 1. The maximum atomic E-state index is 12.0. The van der Waals surface area contributed by atoms with E-state index in [1.807, 2.05) is 18.7 Å². The normalized spacial score (nSPS) is 21.5. The second kappa shape index (κ2) is 5.77. The molecule has 3 nitrogen and oxygen atoms in total. The minimum Gasteiger partial charge on any atom is -0.353 e. The SMILES string of the molecule is CCC(C)(C#N)C(=O)NCC1(SC)CCCC1. The molecular weight excluding hydrogens is 232 g/mol. The van der Waals surface area contributed by atoms with Crippen LogP contribution in [0.1, 0.15) is 46.0 Å². The first-order valence-electron chi connectivity index (χ1n) is 6.26. The van der Waals surface area contributed by atoms with Crippen LogP contribution in [0.3, 0.4) is 0 Å². The van der Waals surface area contributed by atoms with Crippen molar-refractivity contribution in [3.05, 3.63) is 0 Å². The molecule has 1 atom stereocenters. The van der Waals surface area contributed by atoms with E-state index in [0.717, 1.165) is 0 Å². The van der Waals surface area contributed by atoms with Crippen molar-refractivity contribution in [3.8, 4) is 6.07 Å². The van der Waals surface area contributed by atoms with Crippen molar-refractivity contribution in [1.29, 1.82) is 5.26 Å². The Hall–Kier alpha value is -0.690. The predicted molar refractivity (Wildman–Crippen MR) is 71.7 cm³/mol. The molecule has 0 bridgehead atoms. The zero-order chi connectivity index (χ0) is 12.9. The third kappa shape index (κ3) is 3.16. The Balaban J connectivity index is 2.56. The summed E-state index contributed by atoms with van der Waals surface area (Å²) in [5, 5.41) is 12.0. The number of nitriles is 1. The number of thioether (sulfide) groups is 1. The number of hydrogen-bond acceptors (Lipinski definition) is 3. The van der Waals surface area contributed by atoms with E-state index in [0.29, 0.717) is 13.0 Å². The van der Waals surface area contributed by atoms with Gasteiger partial charge in [0.15, 0.2) is 0 Å². The summed E-state index contributed by atoms with van der Waals surface area (Å²) in [5.74, 6) is -0.122. The van der Waals surface area contributed by atoms with Gasteiger partial charge in [0, 0.05) is 11.3 Å². The highest BCUT2D eigenvalue weighted by Crippen LogP contribution is 2.39. The third-order valence-corrected chi connectivity index (χ3v) is 5.39. The van der Waals surface area contributed by atoms with Gasteiger partial charge in [-0.15, -0.1) is 0 Å². The van der Waals surface area contributed by atoms with E-state index in [1.165, 1.54) is 25.7 Å². The summed E-state index contributed by atoms with van der Waals surface area (Å²) >= 11 is 1.85. The standard InChI is InChI=1S/C13H22N2OS/c1-4-12(2,9-14)11(16)15-10-13(17-3)7-5-6-8-13/h4-8,10H2,1-3H3,(H,15,16). The van der Waals surface area contributed by atoms with E-state index >= 15 is 0 Å². The minimum atomic E-state index is -0.877. The van der Waals surface area contributed by atoms with Gasteiger partial charge in [0.25, 0.3) is 0 Å². The maximum Gasteiger partial charge on any atom is 0.240 e. The summed E-state index contributed by atoms with van der Waals surface area (Å²) in [4.78, 5) is 12.0. The lowest BCUT2D eigenvalue weighted by molar-refractivity contribution is -0.127. The van der Waals surface area contributed by atoms with Gasteiger partial charge in [-0.2, -0.15) is 17.0 Å². The van der Waals surface area contributed by atoms with Gasteiger partial charge < -0.3 is 5.32 Å². The summed E-state index contributed by atoms with van der Waals surface area (Å²) in [5.41, 5.74) is -0.877. The molecule has 17 heavy (non-hydrogen) atoms. The Kier molecular flexibility index (Phi) is 4.88. The second-order valence-corrected chi connectivity index (χ2v) is 6.35. The molecule has 0 heterocycles. The smallest absolute Gasteiger partial charge is 0.240 e. The number of nitrogens with one attached hydrogen (secondary N) is 1. The van der Waals surface area contributed by atoms with Crippen molar-refractivity contribution in [2.24, 2.45) is 5.41 Å². The molecule has 1 saturated carbocycles. The summed E-state index contributed by atoms with van der Waals surface area (Å²) < 4.78 is 0.208. The Bertz CT molecular complexity index is 318. The predicted octanol–water partition coefficient (Wildman–Crippen LogP) is 2.72. The van der Waals surface area contributed by atoms with E-state index in [9.17, 15) is 4.79 Å². The largest absolute Gasteiger partial charge is 0.353 e. The fourth-order valence-corrected chi connectivity index (χ4v) is 3.11. The molecule has 0 aromatic carbocycles. The average Bonchev–Trinajstić information content (AvgIpc) is 2.84. The highest BCUT2D eigenvalue weighted by molar-refractivity contribution is 8.00. The Labute approximate surface area is 108 Å². The van der Waals surface area contributed by atoms with Crippen molar-refractivity contribution in [3.63, 3.8) is 0 Å². The summed E-state index contributed by atoms with van der Waals surface area (Å²) in [7, 11) is 0. The number of hydrogen-bond donors (Lipinski definition) is 1. The van der Waals surface area contributed by atoms with Crippen LogP contribution in [0, 0.1) is 16.7 Å². The Morgan fingerprint density at radius 3 is 2.53 bits per heavy atom. The molecule has 1 amide bonds. The molecule has 1 fully saturated rings. The summed E-state index contributed by atoms with van der Waals surface area (Å²) in [6.45, 7) is 4.29. The van der Waals surface area contributed by atoms with Gasteiger partial charge >= 0.3 is 0 Å². The van der Waals surface area contributed by atoms with Crippen molar-refractivity contribution >= 4 is 17.7 Å². The zero-order valence-corrected chi connectivity index (χ0v) is 11.8. The van der Waals surface area contributed by atoms with Crippen LogP contribution in [0.4, 0.5) is 0 Å². The van der Waals surface area contributed by atoms with Crippen molar-refractivity contribution in [2.45, 2.75) is 50.7 Å². The van der Waals surface area contributed by atoms with Crippen molar-refractivity contribution in [1.82, 2.24) is 5.32 Å². The zero-order valence-electron chi connectivity index (χ0n) is 11.0. The summed E-state index contributed by atoms with van der Waals surface area (Å²) in [6.07, 6.45) is 7.51. The highest BCUT2D eigenvalue weighted by Gasteiger charge is 2.36. The van der Waals surface area contributed by atoms with Gasteiger partial charge in [0.1, 0.15) is 5.41 Å². The first-order valence-corrected chi connectivity index (χ1v) is 7.49. The molecular formula is C13H22N2OS. The Morgan fingerprint density at radius 1 is 1.53 bits per heavy atom. The lowest BCUT2D eigenvalue weighted by Gasteiger charge is -2.29. The lowest BCUT2D eigenvalue weighted by Crippen LogP contribution is -2.44. The average molecular weight is 254 g/mol. The molecule has 1 aliphatic carbocycles. The van der Waals surface area contributed by atoms with E-state index < -0.39 is 5.41 Å². The van der Waals surface area contributed by atoms with E-state index in [2.05, 4.69) is 17.6 Å². The van der Waals surface area contributed by atoms with Crippen LogP contribution in [-0.4, -0.2) is 23.5 Å². The highest BCUT2D eigenvalue weighted by atomic mass is 32.2. The molecule has 1 rings (SSSR count). The van der Waals surface area contributed by atoms with Gasteiger partial charge in [-0.25, -0.2) is 0 Å². The minimum absolute atomic E-state index is 0.122. The van der Waals surface area contributed by atoms with Gasteiger partial charge in [0.2, 0.25) is 5.91 Å². The van der Waals surface area contributed by atoms with Gasteiger partial charge in [-0.05, 0) is 32.4 Å². The van der Waals surface area contributed by atoms with Gasteiger partial charge in [-0.1, -0.05) is 19.8 Å². The molecule has 0 radical (unpaired) electrons. The number of rotatable bonds is 5. The lowest BCUT2D eigenvalue weighted by atomic mass is 9.88. The monoisotopic (exact) mass is 254 g/mol. The maximum absolute atomic E-state index is 12.0.